The Labute approximate surface area is 83.1 Å². The van der Waals surface area contributed by atoms with Crippen LogP contribution in [0.15, 0.2) is 0 Å². The molecule has 0 fully saturated rings. The Morgan fingerprint density at radius 1 is 1.31 bits per heavy atom. The van der Waals surface area contributed by atoms with Gasteiger partial charge in [0.15, 0.2) is 5.15 Å². The van der Waals surface area contributed by atoms with Crippen LogP contribution in [-0.4, -0.2) is 17.1 Å². The van der Waals surface area contributed by atoms with Crippen LogP contribution in [-0.2, 0) is 17.8 Å². The van der Waals surface area contributed by atoms with Crippen LogP contribution in [0, 0.1) is 6.92 Å². The van der Waals surface area contributed by atoms with Gasteiger partial charge in [-0.05, 0) is 13.3 Å². The van der Waals surface area contributed by atoms with Crippen molar-refractivity contribution < 1.29 is 4.74 Å². The highest BCUT2D eigenvalue weighted by Crippen LogP contribution is 2.14. The Morgan fingerprint density at radius 2 is 2.00 bits per heavy atom. The molecule has 13 heavy (non-hydrogen) atoms. The highest BCUT2D eigenvalue weighted by Gasteiger charge is 2.07. The first-order valence-corrected chi connectivity index (χ1v) is 4.57. The van der Waals surface area contributed by atoms with Gasteiger partial charge in [-0.2, -0.15) is 0 Å². The minimum Gasteiger partial charge on any atom is -0.378 e. The summed E-state index contributed by atoms with van der Waals surface area (Å²) in [6, 6.07) is 0. The van der Waals surface area contributed by atoms with Gasteiger partial charge in [0.1, 0.15) is 0 Å². The van der Waals surface area contributed by atoms with E-state index in [1.807, 2.05) is 13.8 Å². The lowest BCUT2D eigenvalue weighted by Crippen LogP contribution is -2.04. The van der Waals surface area contributed by atoms with Crippen LogP contribution in [0.5, 0.6) is 0 Å². The predicted molar refractivity (Wildman–Crippen MR) is 51.9 cm³/mol. The number of aryl methyl sites for hydroxylation is 2. The fraction of sp³-hybridized carbons (Fsp3) is 0.556. The molecule has 0 atom stereocenters. The second kappa shape index (κ2) is 4.53. The standard InChI is InChI=1S/C9H13ClN2O/c1-4-7-8(5-13-3)11-6(2)9(10)12-7/h4-5H2,1-3H3. The lowest BCUT2D eigenvalue weighted by Gasteiger charge is -2.07. The molecule has 0 bridgehead atoms. The van der Waals surface area contributed by atoms with Gasteiger partial charge in [0.2, 0.25) is 0 Å². The maximum atomic E-state index is 5.85. The fourth-order valence-corrected chi connectivity index (χ4v) is 1.26. The molecule has 0 amide bonds. The first-order chi connectivity index (χ1) is 6.19. The number of hydrogen-bond donors (Lipinski definition) is 0. The summed E-state index contributed by atoms with van der Waals surface area (Å²) in [6.07, 6.45) is 0.825. The number of methoxy groups -OCH3 is 1. The van der Waals surface area contributed by atoms with Gasteiger partial charge < -0.3 is 4.74 Å². The number of halogens is 1. The lowest BCUT2D eigenvalue weighted by molar-refractivity contribution is 0.180. The van der Waals surface area contributed by atoms with Crippen LogP contribution in [0.3, 0.4) is 0 Å². The molecule has 1 rings (SSSR count). The van der Waals surface area contributed by atoms with E-state index < -0.39 is 0 Å². The molecule has 0 aromatic carbocycles. The fourth-order valence-electron chi connectivity index (χ4n) is 1.11. The summed E-state index contributed by atoms with van der Waals surface area (Å²) in [4.78, 5) is 8.55. The summed E-state index contributed by atoms with van der Waals surface area (Å²) in [6.45, 7) is 4.36. The molecule has 4 heteroatoms. The molecule has 0 radical (unpaired) electrons. The minimum atomic E-state index is 0.483. The van der Waals surface area contributed by atoms with Crippen molar-refractivity contribution in [3.8, 4) is 0 Å². The topological polar surface area (TPSA) is 35.0 Å². The molecule has 0 aliphatic carbocycles. The summed E-state index contributed by atoms with van der Waals surface area (Å²) < 4.78 is 5.02. The van der Waals surface area contributed by atoms with Crippen molar-refractivity contribution in [1.82, 2.24) is 9.97 Å². The number of aromatic nitrogens is 2. The molecule has 0 saturated carbocycles. The third-order valence-corrected chi connectivity index (χ3v) is 2.14. The summed E-state index contributed by atoms with van der Waals surface area (Å²) in [7, 11) is 1.64. The van der Waals surface area contributed by atoms with E-state index in [1.54, 1.807) is 7.11 Å². The molecule has 0 N–H and O–H groups in total. The van der Waals surface area contributed by atoms with E-state index in [-0.39, 0.29) is 0 Å². The van der Waals surface area contributed by atoms with Crippen molar-refractivity contribution in [1.29, 1.82) is 0 Å². The number of nitrogens with zero attached hydrogens (tertiary/aromatic N) is 2. The van der Waals surface area contributed by atoms with Gasteiger partial charge in [-0.25, -0.2) is 4.98 Å². The molecule has 1 aromatic rings. The zero-order valence-electron chi connectivity index (χ0n) is 8.09. The molecule has 0 aliphatic heterocycles. The summed E-state index contributed by atoms with van der Waals surface area (Å²) in [5, 5.41) is 0.483. The third-order valence-electron chi connectivity index (χ3n) is 1.78. The smallest absolute Gasteiger partial charge is 0.150 e. The zero-order chi connectivity index (χ0) is 9.84. The van der Waals surface area contributed by atoms with Crippen molar-refractivity contribution in [3.63, 3.8) is 0 Å². The maximum Gasteiger partial charge on any atom is 0.150 e. The van der Waals surface area contributed by atoms with Gasteiger partial charge in [0.05, 0.1) is 23.7 Å². The first-order valence-electron chi connectivity index (χ1n) is 4.19. The molecule has 72 valence electrons. The van der Waals surface area contributed by atoms with Crippen molar-refractivity contribution in [3.05, 3.63) is 22.2 Å². The van der Waals surface area contributed by atoms with Crippen LogP contribution in [0.2, 0.25) is 5.15 Å². The van der Waals surface area contributed by atoms with E-state index in [9.17, 15) is 0 Å². The Balaban J connectivity index is 3.09. The van der Waals surface area contributed by atoms with Gasteiger partial charge in [-0.15, -0.1) is 0 Å². The normalized spacial score (nSPS) is 10.5. The van der Waals surface area contributed by atoms with Gasteiger partial charge >= 0.3 is 0 Å². The lowest BCUT2D eigenvalue weighted by atomic mass is 10.2. The SMILES string of the molecule is CCc1nc(Cl)c(C)nc1COC. The number of hydrogen-bond acceptors (Lipinski definition) is 3. The predicted octanol–water partition coefficient (Wildman–Crippen LogP) is 2.15. The Bertz CT molecular complexity index is 302. The highest BCUT2D eigenvalue weighted by molar-refractivity contribution is 6.29. The molecular weight excluding hydrogens is 188 g/mol. The summed E-state index contributed by atoms with van der Waals surface area (Å²) in [5.41, 5.74) is 2.55. The molecule has 1 aromatic heterocycles. The van der Waals surface area contributed by atoms with Gasteiger partial charge in [-0.1, -0.05) is 18.5 Å². The van der Waals surface area contributed by atoms with Crippen LogP contribution >= 0.6 is 11.6 Å². The second-order valence-corrected chi connectivity index (χ2v) is 3.14. The van der Waals surface area contributed by atoms with E-state index >= 15 is 0 Å². The van der Waals surface area contributed by atoms with Crippen LogP contribution in [0.1, 0.15) is 24.0 Å². The minimum absolute atomic E-state index is 0.483. The average Bonchev–Trinajstić information content (AvgIpc) is 2.11. The van der Waals surface area contributed by atoms with E-state index in [4.69, 9.17) is 16.3 Å². The largest absolute Gasteiger partial charge is 0.378 e. The first kappa shape index (κ1) is 10.4. The molecule has 0 spiro atoms. The van der Waals surface area contributed by atoms with Crippen molar-refractivity contribution >= 4 is 11.6 Å². The van der Waals surface area contributed by atoms with Gasteiger partial charge in [-0.3, -0.25) is 4.98 Å². The Hall–Kier alpha value is -0.670. The van der Waals surface area contributed by atoms with Gasteiger partial charge in [0.25, 0.3) is 0 Å². The summed E-state index contributed by atoms with van der Waals surface area (Å²) >= 11 is 5.85. The third kappa shape index (κ3) is 2.39. The van der Waals surface area contributed by atoms with Crippen LogP contribution in [0.4, 0.5) is 0 Å². The van der Waals surface area contributed by atoms with Crippen LogP contribution in [0.25, 0.3) is 0 Å². The average molecular weight is 201 g/mol. The molecule has 0 aliphatic rings. The maximum absolute atomic E-state index is 5.85. The van der Waals surface area contributed by atoms with E-state index in [2.05, 4.69) is 9.97 Å². The zero-order valence-corrected chi connectivity index (χ0v) is 8.85. The molecule has 0 saturated heterocycles. The van der Waals surface area contributed by atoms with E-state index in [1.165, 1.54) is 0 Å². The Morgan fingerprint density at radius 3 is 2.54 bits per heavy atom. The van der Waals surface area contributed by atoms with Crippen molar-refractivity contribution in [2.24, 2.45) is 0 Å². The van der Waals surface area contributed by atoms with Crippen molar-refractivity contribution in [2.75, 3.05) is 7.11 Å². The van der Waals surface area contributed by atoms with E-state index in [0.717, 1.165) is 23.5 Å². The van der Waals surface area contributed by atoms with Crippen molar-refractivity contribution in [2.45, 2.75) is 26.9 Å². The molecule has 1 heterocycles. The van der Waals surface area contributed by atoms with Gasteiger partial charge in [0, 0.05) is 7.11 Å². The Kier molecular flexibility index (Phi) is 3.63. The number of ether oxygens (including phenoxy) is 1. The van der Waals surface area contributed by atoms with Crippen LogP contribution < -0.4 is 0 Å². The highest BCUT2D eigenvalue weighted by atomic mass is 35.5. The summed E-state index contributed by atoms with van der Waals surface area (Å²) in [5.74, 6) is 0. The molecule has 3 nitrogen and oxygen atoms in total. The number of rotatable bonds is 3. The monoisotopic (exact) mass is 200 g/mol. The molecule has 0 unspecified atom stereocenters. The molecular formula is C9H13ClN2O. The quantitative estimate of drug-likeness (QED) is 0.750. The van der Waals surface area contributed by atoms with E-state index in [0.29, 0.717) is 11.8 Å². The second-order valence-electron chi connectivity index (χ2n) is 2.78.